The van der Waals surface area contributed by atoms with Crippen molar-refractivity contribution in [3.05, 3.63) is 65.7 Å². The molecule has 2 aromatic rings. The van der Waals surface area contributed by atoms with Crippen molar-refractivity contribution >= 4 is 11.8 Å². The fraction of sp³-hybridized carbons (Fsp3) is 0.462. The second kappa shape index (κ2) is 12.8. The molecule has 0 aliphatic heterocycles. The third kappa shape index (κ3) is 7.42. The summed E-state index contributed by atoms with van der Waals surface area (Å²) in [5.41, 5.74) is 2.20. The Morgan fingerprint density at radius 3 is 2.32 bits per heavy atom. The van der Waals surface area contributed by atoms with E-state index < -0.39 is 6.04 Å². The summed E-state index contributed by atoms with van der Waals surface area (Å²) in [7, 11) is 0. The Labute approximate surface area is 186 Å². The van der Waals surface area contributed by atoms with Gasteiger partial charge in [0.05, 0.1) is 0 Å². The van der Waals surface area contributed by atoms with Crippen LogP contribution in [0.15, 0.2) is 54.6 Å². The van der Waals surface area contributed by atoms with Gasteiger partial charge in [0, 0.05) is 13.1 Å². The Bertz CT molecular complexity index is 820. The number of carbonyl (C=O) groups is 2. The van der Waals surface area contributed by atoms with Gasteiger partial charge in [-0.2, -0.15) is 0 Å². The monoisotopic (exact) mass is 424 g/mol. The van der Waals surface area contributed by atoms with Gasteiger partial charge >= 0.3 is 0 Å². The first-order valence-corrected chi connectivity index (χ1v) is 11.3. The van der Waals surface area contributed by atoms with Crippen LogP contribution in [0.3, 0.4) is 0 Å². The highest BCUT2D eigenvalue weighted by atomic mass is 16.5. The molecule has 1 atom stereocenters. The van der Waals surface area contributed by atoms with Gasteiger partial charge in [-0.1, -0.05) is 76.2 Å². The van der Waals surface area contributed by atoms with Crippen LogP contribution in [0.5, 0.6) is 5.75 Å². The summed E-state index contributed by atoms with van der Waals surface area (Å²) < 4.78 is 5.93. The lowest BCUT2D eigenvalue weighted by Gasteiger charge is -2.30. The second-order valence-corrected chi connectivity index (χ2v) is 8.02. The molecule has 0 fully saturated rings. The van der Waals surface area contributed by atoms with Crippen molar-refractivity contribution in [2.45, 2.75) is 58.9 Å². The largest absolute Gasteiger partial charge is 0.483 e. The summed E-state index contributed by atoms with van der Waals surface area (Å²) in [6, 6.07) is 17.3. The van der Waals surface area contributed by atoms with E-state index in [1.165, 1.54) is 0 Å². The highest BCUT2D eigenvalue weighted by Crippen LogP contribution is 2.26. The Kier molecular flexibility index (Phi) is 10.1. The fourth-order valence-corrected chi connectivity index (χ4v) is 3.57. The van der Waals surface area contributed by atoms with Gasteiger partial charge in [0.2, 0.25) is 5.91 Å². The quantitative estimate of drug-likeness (QED) is 0.543. The van der Waals surface area contributed by atoms with Gasteiger partial charge in [-0.3, -0.25) is 9.59 Å². The maximum Gasteiger partial charge on any atom is 0.261 e. The van der Waals surface area contributed by atoms with Crippen LogP contribution in [0.25, 0.3) is 0 Å². The van der Waals surface area contributed by atoms with Gasteiger partial charge in [0.25, 0.3) is 5.91 Å². The number of carbonyl (C=O) groups excluding carboxylic acids is 2. The zero-order valence-electron chi connectivity index (χ0n) is 19.3. The summed E-state index contributed by atoms with van der Waals surface area (Å²) in [6.45, 7) is 9.14. The lowest BCUT2D eigenvalue weighted by Crippen LogP contribution is -2.51. The van der Waals surface area contributed by atoms with Crippen LogP contribution in [0.2, 0.25) is 0 Å². The van der Waals surface area contributed by atoms with Crippen LogP contribution < -0.4 is 10.1 Å². The molecule has 0 saturated carbocycles. The molecule has 168 valence electrons. The molecule has 0 heterocycles. The van der Waals surface area contributed by atoms with Gasteiger partial charge in [-0.25, -0.2) is 0 Å². The Morgan fingerprint density at radius 1 is 1.00 bits per heavy atom. The van der Waals surface area contributed by atoms with Crippen LogP contribution in [-0.4, -0.2) is 42.5 Å². The molecule has 0 bridgehead atoms. The van der Waals surface area contributed by atoms with E-state index >= 15 is 0 Å². The average Bonchev–Trinajstić information content (AvgIpc) is 2.79. The van der Waals surface area contributed by atoms with E-state index in [9.17, 15) is 9.59 Å². The first kappa shape index (κ1) is 24.4. The van der Waals surface area contributed by atoms with Crippen LogP contribution >= 0.6 is 0 Å². The van der Waals surface area contributed by atoms with Crippen LogP contribution in [0, 0.1) is 0 Å². The lowest BCUT2D eigenvalue weighted by atomic mass is 10.0. The number of benzene rings is 2. The summed E-state index contributed by atoms with van der Waals surface area (Å²) in [4.78, 5) is 27.7. The third-order valence-corrected chi connectivity index (χ3v) is 5.31. The van der Waals surface area contributed by atoms with Crippen molar-refractivity contribution in [1.82, 2.24) is 10.2 Å². The molecule has 0 aliphatic rings. The molecule has 2 amide bonds. The molecule has 2 aromatic carbocycles. The Balaban J connectivity index is 2.15. The fourth-order valence-electron chi connectivity index (χ4n) is 3.57. The number of hydrogen-bond acceptors (Lipinski definition) is 3. The number of nitrogens with one attached hydrogen (secondary N) is 1. The first-order chi connectivity index (χ1) is 15.0. The van der Waals surface area contributed by atoms with E-state index in [1.807, 2.05) is 68.4 Å². The maximum atomic E-state index is 13.2. The average molecular weight is 425 g/mol. The van der Waals surface area contributed by atoms with E-state index in [2.05, 4.69) is 19.2 Å². The van der Waals surface area contributed by atoms with E-state index in [0.717, 1.165) is 23.3 Å². The van der Waals surface area contributed by atoms with Gasteiger partial charge in [0.1, 0.15) is 11.8 Å². The molecular formula is C26H36N2O3. The minimum Gasteiger partial charge on any atom is -0.483 e. The predicted octanol–water partition coefficient (Wildman–Crippen LogP) is 4.56. The maximum absolute atomic E-state index is 13.2. The summed E-state index contributed by atoms with van der Waals surface area (Å²) in [5, 5.41) is 2.94. The Hall–Kier alpha value is -2.82. The van der Waals surface area contributed by atoms with Crippen LogP contribution in [0.4, 0.5) is 0 Å². The SMILES string of the molecule is CCCNC(=O)[C@@H](CC)N(CCc1ccccc1)C(=O)COc1ccccc1C(C)C. The summed E-state index contributed by atoms with van der Waals surface area (Å²) >= 11 is 0. The van der Waals surface area contributed by atoms with Crippen LogP contribution in [0.1, 0.15) is 57.6 Å². The molecular weight excluding hydrogens is 388 g/mol. The molecule has 0 radical (unpaired) electrons. The van der Waals surface area contributed by atoms with Crippen molar-refractivity contribution in [3.8, 4) is 5.75 Å². The van der Waals surface area contributed by atoms with Crippen LogP contribution in [-0.2, 0) is 16.0 Å². The minimum absolute atomic E-state index is 0.0872. The van der Waals surface area contributed by atoms with E-state index in [0.29, 0.717) is 31.8 Å². The number of ether oxygens (including phenoxy) is 1. The Morgan fingerprint density at radius 2 is 1.68 bits per heavy atom. The predicted molar refractivity (Wildman–Crippen MR) is 125 cm³/mol. The van der Waals surface area contributed by atoms with Crippen molar-refractivity contribution in [2.24, 2.45) is 0 Å². The van der Waals surface area contributed by atoms with Gasteiger partial charge in [-0.15, -0.1) is 0 Å². The molecule has 0 unspecified atom stereocenters. The highest BCUT2D eigenvalue weighted by molar-refractivity contribution is 5.88. The second-order valence-electron chi connectivity index (χ2n) is 8.02. The van der Waals surface area contributed by atoms with E-state index in [1.54, 1.807) is 4.90 Å². The zero-order valence-corrected chi connectivity index (χ0v) is 19.3. The molecule has 0 spiro atoms. The molecule has 1 N–H and O–H groups in total. The topological polar surface area (TPSA) is 58.6 Å². The summed E-state index contributed by atoms with van der Waals surface area (Å²) in [5.74, 6) is 0.738. The number of amides is 2. The zero-order chi connectivity index (χ0) is 22.6. The highest BCUT2D eigenvalue weighted by Gasteiger charge is 2.28. The van der Waals surface area contributed by atoms with Crippen molar-refractivity contribution in [3.63, 3.8) is 0 Å². The smallest absolute Gasteiger partial charge is 0.261 e. The molecule has 5 nitrogen and oxygen atoms in total. The first-order valence-electron chi connectivity index (χ1n) is 11.3. The van der Waals surface area contributed by atoms with E-state index in [-0.39, 0.29) is 18.4 Å². The number of rotatable bonds is 12. The van der Waals surface area contributed by atoms with Crippen molar-refractivity contribution in [1.29, 1.82) is 0 Å². The van der Waals surface area contributed by atoms with Gasteiger partial charge < -0.3 is 15.0 Å². The third-order valence-electron chi connectivity index (χ3n) is 5.31. The van der Waals surface area contributed by atoms with Gasteiger partial charge in [0.15, 0.2) is 6.61 Å². The van der Waals surface area contributed by atoms with Crippen molar-refractivity contribution in [2.75, 3.05) is 19.7 Å². The standard InChI is InChI=1S/C26H36N2O3/c1-5-17-27-26(30)23(6-2)28(18-16-21-12-8-7-9-13-21)25(29)19-31-24-15-11-10-14-22(24)20(3)4/h7-15,20,23H,5-6,16-19H2,1-4H3,(H,27,30)/t23-/m1/s1. The van der Waals surface area contributed by atoms with Crippen molar-refractivity contribution < 1.29 is 14.3 Å². The lowest BCUT2D eigenvalue weighted by molar-refractivity contribution is -0.142. The van der Waals surface area contributed by atoms with Gasteiger partial charge in [-0.05, 0) is 42.4 Å². The molecule has 5 heteroatoms. The molecule has 0 saturated heterocycles. The number of hydrogen-bond donors (Lipinski definition) is 1. The van der Waals surface area contributed by atoms with E-state index in [4.69, 9.17) is 4.74 Å². The summed E-state index contributed by atoms with van der Waals surface area (Å²) in [6.07, 6.45) is 2.10. The normalized spacial score (nSPS) is 11.8. The molecule has 2 rings (SSSR count). The molecule has 0 aromatic heterocycles. The molecule has 0 aliphatic carbocycles. The number of para-hydroxylation sites is 1. The minimum atomic E-state index is -0.508. The molecule has 31 heavy (non-hydrogen) atoms. The number of nitrogens with zero attached hydrogens (tertiary/aromatic N) is 1.